The molecular formula is C8H18N2O2. The van der Waals surface area contributed by atoms with Crippen molar-refractivity contribution in [2.75, 3.05) is 33.3 Å². The Morgan fingerprint density at radius 1 is 1.42 bits per heavy atom. The van der Waals surface area contributed by atoms with Gasteiger partial charge in [0.15, 0.2) is 0 Å². The minimum absolute atomic E-state index is 0.227. The Labute approximate surface area is 73.9 Å². The summed E-state index contributed by atoms with van der Waals surface area (Å²) in [5.41, 5.74) is 0. The SMILES string of the molecule is CCN(CC)C(=O)OCCNC. The number of amides is 1. The van der Waals surface area contributed by atoms with Gasteiger partial charge in [-0.05, 0) is 20.9 Å². The van der Waals surface area contributed by atoms with Crippen LogP contribution >= 0.6 is 0 Å². The molecular weight excluding hydrogens is 156 g/mol. The van der Waals surface area contributed by atoms with Crippen molar-refractivity contribution in [3.8, 4) is 0 Å². The van der Waals surface area contributed by atoms with Crippen molar-refractivity contribution >= 4 is 6.09 Å². The molecule has 0 fully saturated rings. The number of nitrogens with one attached hydrogen (secondary N) is 1. The van der Waals surface area contributed by atoms with Crippen LogP contribution in [0.4, 0.5) is 4.79 Å². The van der Waals surface area contributed by atoms with Gasteiger partial charge in [-0.3, -0.25) is 0 Å². The van der Waals surface area contributed by atoms with E-state index in [2.05, 4.69) is 5.32 Å². The van der Waals surface area contributed by atoms with Crippen LogP contribution in [0, 0.1) is 0 Å². The maximum absolute atomic E-state index is 11.2. The fourth-order valence-electron chi connectivity index (χ4n) is 0.813. The van der Waals surface area contributed by atoms with Crippen molar-refractivity contribution in [2.45, 2.75) is 13.8 Å². The first-order chi connectivity index (χ1) is 5.76. The average molecular weight is 174 g/mol. The van der Waals surface area contributed by atoms with E-state index >= 15 is 0 Å². The van der Waals surface area contributed by atoms with Crippen molar-refractivity contribution < 1.29 is 9.53 Å². The van der Waals surface area contributed by atoms with Gasteiger partial charge >= 0.3 is 6.09 Å². The van der Waals surface area contributed by atoms with Crippen LogP contribution in [-0.4, -0.2) is 44.3 Å². The van der Waals surface area contributed by atoms with Gasteiger partial charge in [0, 0.05) is 19.6 Å². The molecule has 0 radical (unpaired) electrons. The molecule has 0 heterocycles. The fourth-order valence-corrected chi connectivity index (χ4v) is 0.813. The highest BCUT2D eigenvalue weighted by atomic mass is 16.6. The van der Waals surface area contributed by atoms with Gasteiger partial charge in [-0.2, -0.15) is 0 Å². The number of hydrogen-bond donors (Lipinski definition) is 1. The summed E-state index contributed by atoms with van der Waals surface area (Å²) in [6.07, 6.45) is -0.227. The lowest BCUT2D eigenvalue weighted by Crippen LogP contribution is -2.32. The minimum atomic E-state index is -0.227. The molecule has 0 aliphatic rings. The summed E-state index contributed by atoms with van der Waals surface area (Å²) in [5.74, 6) is 0. The molecule has 0 aromatic carbocycles. The first kappa shape index (κ1) is 11.2. The standard InChI is InChI=1S/C8H18N2O2/c1-4-10(5-2)8(11)12-7-6-9-3/h9H,4-7H2,1-3H3. The molecule has 0 aliphatic carbocycles. The van der Waals surface area contributed by atoms with Gasteiger partial charge in [-0.25, -0.2) is 4.79 Å². The van der Waals surface area contributed by atoms with E-state index in [0.29, 0.717) is 26.2 Å². The van der Waals surface area contributed by atoms with E-state index in [9.17, 15) is 4.79 Å². The zero-order valence-corrected chi connectivity index (χ0v) is 8.09. The number of carbonyl (C=O) groups is 1. The summed E-state index contributed by atoms with van der Waals surface area (Å²) in [7, 11) is 1.82. The summed E-state index contributed by atoms with van der Waals surface area (Å²) < 4.78 is 4.95. The maximum atomic E-state index is 11.2. The average Bonchev–Trinajstić information content (AvgIpc) is 2.07. The van der Waals surface area contributed by atoms with E-state index < -0.39 is 0 Å². The van der Waals surface area contributed by atoms with Crippen molar-refractivity contribution in [2.24, 2.45) is 0 Å². The highest BCUT2D eigenvalue weighted by Gasteiger charge is 2.08. The molecule has 0 rings (SSSR count). The Morgan fingerprint density at radius 2 is 2.00 bits per heavy atom. The van der Waals surface area contributed by atoms with Crippen LogP contribution in [0.5, 0.6) is 0 Å². The van der Waals surface area contributed by atoms with Gasteiger partial charge < -0.3 is 15.0 Å². The molecule has 0 saturated carbocycles. The number of rotatable bonds is 5. The number of hydrogen-bond acceptors (Lipinski definition) is 3. The normalized spacial score (nSPS) is 9.58. The van der Waals surface area contributed by atoms with Crippen molar-refractivity contribution in [3.05, 3.63) is 0 Å². The lowest BCUT2D eigenvalue weighted by Gasteiger charge is -2.17. The Hall–Kier alpha value is -0.770. The Bertz CT molecular complexity index is 124. The Morgan fingerprint density at radius 3 is 2.42 bits per heavy atom. The van der Waals surface area contributed by atoms with Gasteiger partial charge in [-0.15, -0.1) is 0 Å². The topological polar surface area (TPSA) is 41.6 Å². The quantitative estimate of drug-likeness (QED) is 0.623. The second-order valence-corrected chi connectivity index (χ2v) is 2.39. The molecule has 12 heavy (non-hydrogen) atoms. The summed E-state index contributed by atoms with van der Waals surface area (Å²) in [5, 5.41) is 2.90. The molecule has 0 atom stereocenters. The molecule has 0 aliphatic heterocycles. The molecule has 0 unspecified atom stereocenters. The van der Waals surface area contributed by atoms with Crippen molar-refractivity contribution in [3.63, 3.8) is 0 Å². The van der Waals surface area contributed by atoms with Crippen LogP contribution in [0.1, 0.15) is 13.8 Å². The van der Waals surface area contributed by atoms with E-state index in [0.717, 1.165) is 0 Å². The lowest BCUT2D eigenvalue weighted by atomic mass is 10.5. The van der Waals surface area contributed by atoms with Gasteiger partial charge in [0.1, 0.15) is 6.61 Å². The lowest BCUT2D eigenvalue weighted by molar-refractivity contribution is 0.107. The highest BCUT2D eigenvalue weighted by molar-refractivity contribution is 5.67. The van der Waals surface area contributed by atoms with Crippen LogP contribution in [0.25, 0.3) is 0 Å². The van der Waals surface area contributed by atoms with Gasteiger partial charge in [-0.1, -0.05) is 0 Å². The smallest absolute Gasteiger partial charge is 0.409 e. The molecule has 1 N–H and O–H groups in total. The first-order valence-electron chi connectivity index (χ1n) is 4.32. The molecule has 0 aromatic heterocycles. The van der Waals surface area contributed by atoms with Crippen LogP contribution < -0.4 is 5.32 Å². The minimum Gasteiger partial charge on any atom is -0.448 e. The number of nitrogens with zero attached hydrogens (tertiary/aromatic N) is 1. The zero-order chi connectivity index (χ0) is 9.40. The fraction of sp³-hybridized carbons (Fsp3) is 0.875. The van der Waals surface area contributed by atoms with Crippen molar-refractivity contribution in [1.82, 2.24) is 10.2 Å². The van der Waals surface area contributed by atoms with E-state index in [4.69, 9.17) is 4.74 Å². The van der Waals surface area contributed by atoms with E-state index in [1.807, 2.05) is 20.9 Å². The van der Waals surface area contributed by atoms with E-state index in [-0.39, 0.29) is 6.09 Å². The van der Waals surface area contributed by atoms with E-state index in [1.165, 1.54) is 0 Å². The monoisotopic (exact) mass is 174 g/mol. The zero-order valence-electron chi connectivity index (χ0n) is 8.09. The third kappa shape index (κ3) is 4.18. The highest BCUT2D eigenvalue weighted by Crippen LogP contribution is 1.91. The first-order valence-corrected chi connectivity index (χ1v) is 4.32. The van der Waals surface area contributed by atoms with Crippen LogP contribution in [-0.2, 0) is 4.74 Å². The van der Waals surface area contributed by atoms with Crippen LogP contribution in [0.2, 0.25) is 0 Å². The van der Waals surface area contributed by atoms with Gasteiger partial charge in [0.25, 0.3) is 0 Å². The largest absolute Gasteiger partial charge is 0.448 e. The van der Waals surface area contributed by atoms with Gasteiger partial charge in [0.05, 0.1) is 0 Å². The molecule has 72 valence electrons. The van der Waals surface area contributed by atoms with Crippen LogP contribution in [0.3, 0.4) is 0 Å². The summed E-state index contributed by atoms with van der Waals surface area (Å²) in [6, 6.07) is 0. The second-order valence-electron chi connectivity index (χ2n) is 2.39. The Balaban J connectivity index is 3.54. The summed E-state index contributed by atoms with van der Waals surface area (Å²) >= 11 is 0. The molecule has 0 bridgehead atoms. The molecule has 4 nitrogen and oxygen atoms in total. The molecule has 0 aromatic rings. The summed E-state index contributed by atoms with van der Waals surface area (Å²) in [6.45, 7) is 6.41. The van der Waals surface area contributed by atoms with Crippen molar-refractivity contribution in [1.29, 1.82) is 0 Å². The predicted octanol–water partition coefficient (Wildman–Crippen LogP) is 0.684. The number of ether oxygens (including phenoxy) is 1. The molecule has 0 spiro atoms. The van der Waals surface area contributed by atoms with Gasteiger partial charge in [0.2, 0.25) is 0 Å². The third-order valence-corrected chi connectivity index (χ3v) is 1.60. The van der Waals surface area contributed by atoms with Crippen LogP contribution in [0.15, 0.2) is 0 Å². The number of carbonyl (C=O) groups excluding carboxylic acids is 1. The molecule has 0 saturated heterocycles. The molecule has 4 heteroatoms. The predicted molar refractivity (Wildman–Crippen MR) is 48.2 cm³/mol. The summed E-state index contributed by atoms with van der Waals surface area (Å²) in [4.78, 5) is 12.8. The second kappa shape index (κ2) is 6.91. The third-order valence-electron chi connectivity index (χ3n) is 1.60. The maximum Gasteiger partial charge on any atom is 0.409 e. The Kier molecular flexibility index (Phi) is 6.47. The number of likely N-dealkylation sites (N-methyl/N-ethyl adjacent to an activating group) is 1. The molecule has 1 amide bonds. The van der Waals surface area contributed by atoms with E-state index in [1.54, 1.807) is 4.90 Å².